The third-order valence-corrected chi connectivity index (χ3v) is 4.77. The fourth-order valence-corrected chi connectivity index (χ4v) is 3.42. The molecular weight excluding hydrogens is 355 g/mol. The number of halogens is 1. The van der Waals surface area contributed by atoms with Crippen LogP contribution in [-0.4, -0.2) is 14.8 Å². The zero-order chi connectivity index (χ0) is 19.1. The van der Waals surface area contributed by atoms with Crippen molar-refractivity contribution < 1.29 is 4.39 Å². The first-order chi connectivity index (χ1) is 13.7. The molecule has 0 saturated heterocycles. The van der Waals surface area contributed by atoms with Crippen LogP contribution in [0.25, 0.3) is 22.6 Å². The zero-order valence-corrected chi connectivity index (χ0v) is 14.7. The van der Waals surface area contributed by atoms with Gasteiger partial charge in [-0.25, -0.2) is 9.07 Å². The van der Waals surface area contributed by atoms with Crippen LogP contribution in [0.2, 0.25) is 0 Å². The van der Waals surface area contributed by atoms with Gasteiger partial charge in [-0.3, -0.25) is 4.79 Å². The second kappa shape index (κ2) is 6.42. The van der Waals surface area contributed by atoms with E-state index >= 15 is 0 Å². The van der Waals surface area contributed by atoms with Crippen molar-refractivity contribution in [3.05, 3.63) is 101 Å². The van der Waals surface area contributed by atoms with E-state index in [1.807, 2.05) is 54.6 Å². The molecular formula is C22H15FN4O. The maximum absolute atomic E-state index is 13.4. The minimum Gasteiger partial charge on any atom is -0.359 e. The Hall–Kier alpha value is -3.80. The number of hydrogen-bond donors (Lipinski definition) is 1. The Balaban J connectivity index is 1.76. The average molecular weight is 370 g/mol. The molecule has 0 spiro atoms. The van der Waals surface area contributed by atoms with Crippen molar-refractivity contribution in [2.75, 3.05) is 5.32 Å². The van der Waals surface area contributed by atoms with E-state index in [4.69, 9.17) is 0 Å². The van der Waals surface area contributed by atoms with E-state index in [0.29, 0.717) is 11.4 Å². The predicted octanol–water partition coefficient (Wildman–Crippen LogP) is 4.08. The van der Waals surface area contributed by atoms with Gasteiger partial charge < -0.3 is 5.32 Å². The summed E-state index contributed by atoms with van der Waals surface area (Å²) >= 11 is 0. The van der Waals surface area contributed by atoms with Crippen molar-refractivity contribution in [3.8, 4) is 22.6 Å². The molecule has 4 aromatic rings. The lowest BCUT2D eigenvalue weighted by molar-refractivity contribution is 0.547. The van der Waals surface area contributed by atoms with Gasteiger partial charge in [0.25, 0.3) is 5.56 Å². The van der Waals surface area contributed by atoms with Crippen molar-refractivity contribution in [2.24, 2.45) is 0 Å². The number of benzene rings is 3. The molecule has 1 aliphatic heterocycles. The molecule has 2 heterocycles. The van der Waals surface area contributed by atoms with Crippen LogP contribution in [-0.2, 0) is 0 Å². The van der Waals surface area contributed by atoms with Gasteiger partial charge in [0.2, 0.25) is 0 Å². The van der Waals surface area contributed by atoms with Gasteiger partial charge in [0.1, 0.15) is 12.0 Å². The number of fused-ring (bicyclic) bond motifs is 3. The van der Waals surface area contributed by atoms with Crippen molar-refractivity contribution >= 4 is 5.69 Å². The number of aromatic nitrogens is 3. The van der Waals surface area contributed by atoms with E-state index in [1.54, 1.807) is 16.8 Å². The van der Waals surface area contributed by atoms with Crippen LogP contribution in [0.5, 0.6) is 0 Å². The van der Waals surface area contributed by atoms with Gasteiger partial charge in [-0.2, -0.15) is 10.1 Å². The van der Waals surface area contributed by atoms with Gasteiger partial charge in [0.15, 0.2) is 11.5 Å². The van der Waals surface area contributed by atoms with Crippen LogP contribution in [0.4, 0.5) is 10.1 Å². The molecule has 1 aromatic heterocycles. The molecule has 1 unspecified atom stereocenters. The highest BCUT2D eigenvalue weighted by atomic mass is 19.1. The third kappa shape index (κ3) is 2.66. The molecule has 136 valence electrons. The topological polar surface area (TPSA) is 59.8 Å². The van der Waals surface area contributed by atoms with E-state index in [2.05, 4.69) is 15.4 Å². The molecule has 6 heteroatoms. The normalized spacial score (nSPS) is 14.7. The fourth-order valence-electron chi connectivity index (χ4n) is 3.42. The Kier molecular flexibility index (Phi) is 3.76. The predicted molar refractivity (Wildman–Crippen MR) is 105 cm³/mol. The molecule has 0 bridgehead atoms. The molecule has 0 fully saturated rings. The van der Waals surface area contributed by atoms with E-state index < -0.39 is 6.17 Å². The number of nitrogens with zero attached hydrogens (tertiary/aromatic N) is 3. The minimum atomic E-state index is -0.416. The summed E-state index contributed by atoms with van der Waals surface area (Å²) in [6, 6.07) is 23.1. The van der Waals surface area contributed by atoms with Crippen molar-refractivity contribution in [2.45, 2.75) is 6.17 Å². The van der Waals surface area contributed by atoms with Gasteiger partial charge in [0, 0.05) is 16.8 Å². The van der Waals surface area contributed by atoms with E-state index in [1.165, 1.54) is 12.1 Å². The monoisotopic (exact) mass is 370 g/mol. The van der Waals surface area contributed by atoms with E-state index in [0.717, 1.165) is 16.8 Å². The lowest BCUT2D eigenvalue weighted by Gasteiger charge is -2.30. The average Bonchev–Trinajstić information content (AvgIpc) is 2.74. The molecule has 1 N–H and O–H groups in total. The Morgan fingerprint density at radius 3 is 2.39 bits per heavy atom. The number of hydrogen-bond acceptors (Lipinski definition) is 4. The lowest BCUT2D eigenvalue weighted by Crippen LogP contribution is -2.32. The molecule has 28 heavy (non-hydrogen) atoms. The Labute approximate surface area is 160 Å². The quantitative estimate of drug-likeness (QED) is 0.578. The SMILES string of the molecule is O=c1nc2n(nc1-c1ccccc1)C(c1ccc(F)cc1)Nc1ccccc1-2. The molecule has 0 radical (unpaired) electrons. The number of para-hydroxylation sites is 1. The lowest BCUT2D eigenvalue weighted by atomic mass is 10.1. The van der Waals surface area contributed by atoms with Crippen LogP contribution >= 0.6 is 0 Å². The maximum atomic E-state index is 13.4. The summed E-state index contributed by atoms with van der Waals surface area (Å²) < 4.78 is 15.1. The van der Waals surface area contributed by atoms with Crippen molar-refractivity contribution in [1.29, 1.82) is 0 Å². The van der Waals surface area contributed by atoms with Crippen molar-refractivity contribution in [1.82, 2.24) is 14.8 Å². The Bertz CT molecular complexity index is 1220. The van der Waals surface area contributed by atoms with Crippen LogP contribution in [0.15, 0.2) is 83.7 Å². The zero-order valence-electron chi connectivity index (χ0n) is 14.7. The van der Waals surface area contributed by atoms with Gasteiger partial charge in [-0.1, -0.05) is 54.6 Å². The molecule has 5 nitrogen and oxygen atoms in total. The second-order valence-corrected chi connectivity index (χ2v) is 6.54. The fraction of sp³-hybridized carbons (Fsp3) is 0.0455. The molecule has 0 aliphatic carbocycles. The maximum Gasteiger partial charge on any atom is 0.300 e. The summed E-state index contributed by atoms with van der Waals surface area (Å²) in [5.74, 6) is 0.171. The number of anilines is 1. The van der Waals surface area contributed by atoms with Gasteiger partial charge >= 0.3 is 0 Å². The standard InChI is InChI=1S/C22H15FN4O/c23-16-12-10-15(11-13-16)20-24-18-9-5-4-8-17(18)21-25-22(28)19(26-27(20)21)14-6-2-1-3-7-14/h1-13,20,24H. The van der Waals surface area contributed by atoms with Crippen molar-refractivity contribution in [3.63, 3.8) is 0 Å². The largest absolute Gasteiger partial charge is 0.359 e. The van der Waals surface area contributed by atoms with Gasteiger partial charge in [-0.15, -0.1) is 0 Å². The summed E-state index contributed by atoms with van der Waals surface area (Å²) in [7, 11) is 0. The highest BCUT2D eigenvalue weighted by Crippen LogP contribution is 2.36. The summed E-state index contributed by atoms with van der Waals surface area (Å²) in [5.41, 5.74) is 3.05. The van der Waals surface area contributed by atoms with Gasteiger partial charge in [0.05, 0.1) is 0 Å². The minimum absolute atomic E-state index is 0.276. The highest BCUT2D eigenvalue weighted by molar-refractivity contribution is 5.76. The van der Waals surface area contributed by atoms with Crippen LogP contribution in [0, 0.1) is 5.82 Å². The number of rotatable bonds is 2. The highest BCUT2D eigenvalue weighted by Gasteiger charge is 2.27. The summed E-state index contributed by atoms with van der Waals surface area (Å²) in [6.45, 7) is 0. The molecule has 3 aromatic carbocycles. The first-order valence-electron chi connectivity index (χ1n) is 8.88. The summed E-state index contributed by atoms with van der Waals surface area (Å²) in [5, 5.41) is 8.07. The summed E-state index contributed by atoms with van der Waals surface area (Å²) in [4.78, 5) is 17.1. The summed E-state index contributed by atoms with van der Waals surface area (Å²) in [6.07, 6.45) is -0.416. The first-order valence-corrected chi connectivity index (χ1v) is 8.88. The molecule has 1 atom stereocenters. The van der Waals surface area contributed by atoms with Crippen LogP contribution in [0.3, 0.4) is 0 Å². The Morgan fingerprint density at radius 2 is 1.61 bits per heavy atom. The van der Waals surface area contributed by atoms with E-state index in [9.17, 15) is 9.18 Å². The smallest absolute Gasteiger partial charge is 0.300 e. The molecule has 0 amide bonds. The van der Waals surface area contributed by atoms with Crippen LogP contribution < -0.4 is 10.9 Å². The third-order valence-electron chi connectivity index (χ3n) is 4.77. The first kappa shape index (κ1) is 16.4. The molecule has 5 rings (SSSR count). The van der Waals surface area contributed by atoms with E-state index in [-0.39, 0.29) is 17.1 Å². The molecule has 1 aliphatic rings. The number of nitrogens with one attached hydrogen (secondary N) is 1. The van der Waals surface area contributed by atoms with Gasteiger partial charge in [-0.05, 0) is 29.8 Å². The second-order valence-electron chi connectivity index (χ2n) is 6.54. The molecule has 0 saturated carbocycles. The Morgan fingerprint density at radius 1 is 0.893 bits per heavy atom. The van der Waals surface area contributed by atoms with Crippen LogP contribution in [0.1, 0.15) is 11.7 Å².